The smallest absolute Gasteiger partial charge is 0.273 e. The first-order valence-corrected chi connectivity index (χ1v) is 7.05. The molecular weight excluding hydrogens is 272 g/mol. The highest BCUT2D eigenvalue weighted by atomic mass is 16.6. The highest BCUT2D eigenvalue weighted by molar-refractivity contribution is 5.84. The third kappa shape index (κ3) is 5.29. The Kier molecular flexibility index (Phi) is 6.45. The molecule has 1 unspecified atom stereocenters. The summed E-state index contributed by atoms with van der Waals surface area (Å²) in [6.45, 7) is 6.88. The number of carbonyl (C=O) groups excluding carboxylic acids is 1. The average Bonchev–Trinajstić information content (AvgIpc) is 2.44. The summed E-state index contributed by atoms with van der Waals surface area (Å²) in [5, 5.41) is 19.7. The van der Waals surface area contributed by atoms with E-state index in [-0.39, 0.29) is 11.6 Å². The molecule has 7 nitrogen and oxygen atoms in total. The van der Waals surface area contributed by atoms with E-state index in [4.69, 9.17) is 0 Å². The van der Waals surface area contributed by atoms with E-state index in [2.05, 4.69) is 16.0 Å². The maximum Gasteiger partial charge on any atom is 0.273 e. The van der Waals surface area contributed by atoms with Gasteiger partial charge in [-0.1, -0.05) is 6.92 Å². The van der Waals surface area contributed by atoms with E-state index in [1.807, 2.05) is 13.8 Å². The minimum atomic E-state index is -0.465. The fourth-order valence-corrected chi connectivity index (χ4v) is 1.82. The number of hydrogen-bond acceptors (Lipinski definition) is 5. The maximum absolute atomic E-state index is 11.8. The lowest BCUT2D eigenvalue weighted by atomic mass is 10.2. The number of rotatable bonds is 8. The number of non-ortho nitro benzene ring substituents is 1. The van der Waals surface area contributed by atoms with Crippen LogP contribution in [0.15, 0.2) is 18.2 Å². The van der Waals surface area contributed by atoms with Crippen molar-refractivity contribution in [3.63, 3.8) is 0 Å². The highest BCUT2D eigenvalue weighted by Crippen LogP contribution is 2.24. The molecule has 1 aromatic carbocycles. The van der Waals surface area contributed by atoms with E-state index >= 15 is 0 Å². The molecule has 0 fully saturated rings. The number of anilines is 2. The first-order valence-electron chi connectivity index (χ1n) is 7.05. The van der Waals surface area contributed by atoms with Crippen molar-refractivity contribution < 1.29 is 9.72 Å². The standard InChI is InChI=1S/C14H22N4O3/c1-4-6-16-14(19)10(3)17-12-7-11(15-5-2)8-13(9-12)18(20)21/h7-10,15,17H,4-6H2,1-3H3,(H,16,19). The number of hydrogen-bond donors (Lipinski definition) is 3. The van der Waals surface area contributed by atoms with E-state index in [1.54, 1.807) is 13.0 Å². The molecule has 1 atom stereocenters. The monoisotopic (exact) mass is 294 g/mol. The highest BCUT2D eigenvalue weighted by Gasteiger charge is 2.15. The Morgan fingerprint density at radius 1 is 1.29 bits per heavy atom. The second-order valence-corrected chi connectivity index (χ2v) is 4.71. The largest absolute Gasteiger partial charge is 0.385 e. The first-order chi connectivity index (χ1) is 9.97. The molecule has 1 rings (SSSR count). The Labute approximate surface area is 124 Å². The topological polar surface area (TPSA) is 96.3 Å². The van der Waals surface area contributed by atoms with Crippen molar-refractivity contribution in [2.45, 2.75) is 33.2 Å². The van der Waals surface area contributed by atoms with Crippen LogP contribution in [0.2, 0.25) is 0 Å². The molecule has 1 aromatic rings. The molecule has 21 heavy (non-hydrogen) atoms. The molecule has 0 aliphatic heterocycles. The van der Waals surface area contributed by atoms with Crippen LogP contribution >= 0.6 is 0 Å². The van der Waals surface area contributed by atoms with Gasteiger partial charge in [0.25, 0.3) is 5.69 Å². The van der Waals surface area contributed by atoms with Crippen molar-refractivity contribution in [1.29, 1.82) is 0 Å². The van der Waals surface area contributed by atoms with Gasteiger partial charge in [-0.3, -0.25) is 14.9 Å². The van der Waals surface area contributed by atoms with Gasteiger partial charge in [0.05, 0.1) is 4.92 Å². The van der Waals surface area contributed by atoms with Gasteiger partial charge in [0.2, 0.25) is 5.91 Å². The molecule has 0 bridgehead atoms. The SMILES string of the molecule is CCCNC(=O)C(C)Nc1cc(NCC)cc([N+](=O)[O-])c1. The number of carbonyl (C=O) groups is 1. The predicted octanol–water partition coefficient (Wildman–Crippen LogP) is 2.35. The van der Waals surface area contributed by atoms with E-state index in [1.165, 1.54) is 12.1 Å². The van der Waals surface area contributed by atoms with Crippen LogP contribution < -0.4 is 16.0 Å². The van der Waals surface area contributed by atoms with Crippen molar-refractivity contribution in [2.24, 2.45) is 0 Å². The normalized spacial score (nSPS) is 11.6. The van der Waals surface area contributed by atoms with Crippen LogP contribution in [0.5, 0.6) is 0 Å². The lowest BCUT2D eigenvalue weighted by Crippen LogP contribution is -2.37. The lowest BCUT2D eigenvalue weighted by Gasteiger charge is -2.16. The van der Waals surface area contributed by atoms with Gasteiger partial charge < -0.3 is 16.0 Å². The van der Waals surface area contributed by atoms with Gasteiger partial charge in [-0.15, -0.1) is 0 Å². The molecule has 0 spiro atoms. The molecule has 0 aliphatic carbocycles. The van der Waals surface area contributed by atoms with Crippen LogP contribution in [0.4, 0.5) is 17.1 Å². The van der Waals surface area contributed by atoms with Crippen LogP contribution in [0.1, 0.15) is 27.2 Å². The van der Waals surface area contributed by atoms with Crippen molar-refractivity contribution in [3.8, 4) is 0 Å². The van der Waals surface area contributed by atoms with Crippen LogP contribution in [0.25, 0.3) is 0 Å². The summed E-state index contributed by atoms with van der Waals surface area (Å²) in [6.07, 6.45) is 0.861. The summed E-state index contributed by atoms with van der Waals surface area (Å²) < 4.78 is 0. The number of nitro benzene ring substituents is 1. The summed E-state index contributed by atoms with van der Waals surface area (Å²) in [5.74, 6) is -0.131. The zero-order chi connectivity index (χ0) is 15.8. The quantitative estimate of drug-likeness (QED) is 0.505. The summed E-state index contributed by atoms with van der Waals surface area (Å²) >= 11 is 0. The molecule has 116 valence electrons. The number of nitrogens with zero attached hydrogens (tertiary/aromatic N) is 1. The second-order valence-electron chi connectivity index (χ2n) is 4.71. The Balaban J connectivity index is 2.85. The molecule has 1 amide bonds. The Bertz CT molecular complexity index is 505. The molecule has 7 heteroatoms. The van der Waals surface area contributed by atoms with Crippen molar-refractivity contribution in [3.05, 3.63) is 28.3 Å². The van der Waals surface area contributed by atoms with Crippen molar-refractivity contribution in [2.75, 3.05) is 23.7 Å². The fourth-order valence-electron chi connectivity index (χ4n) is 1.82. The maximum atomic E-state index is 11.8. The predicted molar refractivity (Wildman–Crippen MR) is 83.6 cm³/mol. The van der Waals surface area contributed by atoms with Gasteiger partial charge >= 0.3 is 0 Å². The second kappa shape index (κ2) is 8.08. The molecule has 3 N–H and O–H groups in total. The van der Waals surface area contributed by atoms with Gasteiger partial charge in [0, 0.05) is 36.6 Å². The number of amides is 1. The number of nitrogens with one attached hydrogen (secondary N) is 3. The Hall–Kier alpha value is -2.31. The zero-order valence-electron chi connectivity index (χ0n) is 12.6. The van der Waals surface area contributed by atoms with Gasteiger partial charge in [0.15, 0.2) is 0 Å². The van der Waals surface area contributed by atoms with E-state index < -0.39 is 11.0 Å². The Morgan fingerprint density at radius 3 is 2.52 bits per heavy atom. The van der Waals surface area contributed by atoms with Crippen LogP contribution in [-0.4, -0.2) is 30.0 Å². The van der Waals surface area contributed by atoms with Gasteiger partial charge in [0.1, 0.15) is 6.04 Å². The van der Waals surface area contributed by atoms with Crippen LogP contribution in [0, 0.1) is 10.1 Å². The van der Waals surface area contributed by atoms with Gasteiger partial charge in [-0.2, -0.15) is 0 Å². The minimum absolute atomic E-state index is 0.0166. The first kappa shape index (κ1) is 16.7. The zero-order valence-corrected chi connectivity index (χ0v) is 12.6. The molecule has 0 aromatic heterocycles. The van der Waals surface area contributed by atoms with E-state index in [9.17, 15) is 14.9 Å². The van der Waals surface area contributed by atoms with Crippen molar-refractivity contribution in [1.82, 2.24) is 5.32 Å². The third-order valence-corrected chi connectivity index (χ3v) is 2.84. The molecule has 0 radical (unpaired) electrons. The number of benzene rings is 1. The summed E-state index contributed by atoms with van der Waals surface area (Å²) in [5.41, 5.74) is 1.17. The van der Waals surface area contributed by atoms with Crippen molar-refractivity contribution >= 4 is 23.0 Å². The van der Waals surface area contributed by atoms with E-state index in [0.29, 0.717) is 24.5 Å². The summed E-state index contributed by atoms with van der Waals surface area (Å²) in [4.78, 5) is 22.3. The summed E-state index contributed by atoms with van der Waals surface area (Å²) in [6, 6.07) is 4.18. The van der Waals surface area contributed by atoms with E-state index in [0.717, 1.165) is 6.42 Å². The Morgan fingerprint density at radius 2 is 1.95 bits per heavy atom. The van der Waals surface area contributed by atoms with Gasteiger partial charge in [-0.25, -0.2) is 0 Å². The summed E-state index contributed by atoms with van der Waals surface area (Å²) in [7, 11) is 0. The minimum Gasteiger partial charge on any atom is -0.385 e. The molecule has 0 heterocycles. The third-order valence-electron chi connectivity index (χ3n) is 2.84. The van der Waals surface area contributed by atoms with Crippen LogP contribution in [0.3, 0.4) is 0 Å². The molecule has 0 saturated carbocycles. The lowest BCUT2D eigenvalue weighted by molar-refractivity contribution is -0.384. The molecule has 0 saturated heterocycles. The molecular formula is C14H22N4O3. The van der Waals surface area contributed by atoms with Gasteiger partial charge in [-0.05, 0) is 26.3 Å². The molecule has 0 aliphatic rings. The van der Waals surface area contributed by atoms with Crippen LogP contribution in [-0.2, 0) is 4.79 Å². The average molecular weight is 294 g/mol. The fraction of sp³-hybridized carbons (Fsp3) is 0.500. The number of nitro groups is 1.